The van der Waals surface area contributed by atoms with E-state index in [1.807, 2.05) is 6.08 Å². The van der Waals surface area contributed by atoms with Crippen molar-refractivity contribution >= 4 is 5.91 Å². The lowest BCUT2D eigenvalue weighted by molar-refractivity contribution is -0.125. The number of hydrogen-bond acceptors (Lipinski definition) is 3. The molecule has 0 saturated heterocycles. The predicted molar refractivity (Wildman–Crippen MR) is 70.6 cm³/mol. The van der Waals surface area contributed by atoms with Gasteiger partial charge in [-0.2, -0.15) is 0 Å². The Morgan fingerprint density at radius 1 is 1.47 bits per heavy atom. The highest BCUT2D eigenvalue weighted by Crippen LogP contribution is 2.10. The molecule has 1 atom stereocenters. The Hall–Kier alpha value is -0.870. The second-order valence-electron chi connectivity index (χ2n) is 4.54. The Kier molecular flexibility index (Phi) is 9.77. The number of rotatable bonds is 10. The van der Waals surface area contributed by atoms with E-state index in [1.54, 1.807) is 0 Å². The van der Waals surface area contributed by atoms with Crippen molar-refractivity contribution in [1.82, 2.24) is 5.32 Å². The molecule has 1 amide bonds. The van der Waals surface area contributed by atoms with Crippen LogP contribution in [0, 0.1) is 11.8 Å². The Morgan fingerprint density at radius 3 is 2.71 bits per heavy atom. The second-order valence-corrected chi connectivity index (χ2v) is 4.54. The van der Waals surface area contributed by atoms with Gasteiger partial charge in [-0.15, -0.1) is 6.58 Å². The van der Waals surface area contributed by atoms with Crippen LogP contribution in [-0.4, -0.2) is 32.2 Å². The first kappa shape index (κ1) is 16.1. The molecule has 17 heavy (non-hydrogen) atoms. The summed E-state index contributed by atoms with van der Waals surface area (Å²) in [5, 5.41) is 2.85. The van der Waals surface area contributed by atoms with Gasteiger partial charge in [0.05, 0.1) is 19.1 Å². The number of amides is 1. The number of ether oxygens (including phenoxy) is 1. The van der Waals surface area contributed by atoms with Crippen LogP contribution in [-0.2, 0) is 9.53 Å². The Balaban J connectivity index is 3.64. The maximum Gasteiger partial charge on any atom is 0.224 e. The van der Waals surface area contributed by atoms with Crippen molar-refractivity contribution in [2.75, 3.05) is 26.3 Å². The Labute approximate surface area is 105 Å². The number of nitrogens with two attached hydrogens (primary N) is 1. The molecule has 100 valence electrons. The van der Waals surface area contributed by atoms with Crippen molar-refractivity contribution in [3.63, 3.8) is 0 Å². The van der Waals surface area contributed by atoms with Crippen LogP contribution in [0.1, 0.15) is 26.7 Å². The number of carbonyl (C=O) groups is 1. The molecule has 0 saturated carbocycles. The van der Waals surface area contributed by atoms with Crippen molar-refractivity contribution in [2.24, 2.45) is 17.6 Å². The summed E-state index contributed by atoms with van der Waals surface area (Å²) in [4.78, 5) is 11.7. The topological polar surface area (TPSA) is 64.3 Å². The van der Waals surface area contributed by atoms with Gasteiger partial charge in [0, 0.05) is 13.1 Å². The van der Waals surface area contributed by atoms with Crippen molar-refractivity contribution in [2.45, 2.75) is 26.7 Å². The first-order chi connectivity index (χ1) is 8.11. The summed E-state index contributed by atoms with van der Waals surface area (Å²) in [6.45, 7) is 9.94. The van der Waals surface area contributed by atoms with Gasteiger partial charge in [0.2, 0.25) is 5.91 Å². The molecule has 0 aromatic rings. The summed E-state index contributed by atoms with van der Waals surface area (Å²) >= 11 is 0. The highest BCUT2D eigenvalue weighted by molar-refractivity contribution is 5.78. The van der Waals surface area contributed by atoms with E-state index < -0.39 is 0 Å². The highest BCUT2D eigenvalue weighted by atomic mass is 16.5. The lowest BCUT2D eigenvalue weighted by Crippen LogP contribution is -2.37. The third-order valence-corrected chi connectivity index (χ3v) is 2.42. The zero-order chi connectivity index (χ0) is 13.1. The standard InChI is InChI=1S/C13H26N2O2/c1-4-5-7-17-8-6-15-13(16)12(10-14)9-11(2)3/h4,11-12H,1,5-10,14H2,2-3H3,(H,15,16). The first-order valence-electron chi connectivity index (χ1n) is 6.28. The van der Waals surface area contributed by atoms with E-state index >= 15 is 0 Å². The summed E-state index contributed by atoms with van der Waals surface area (Å²) in [5.74, 6) is 0.440. The van der Waals surface area contributed by atoms with E-state index in [9.17, 15) is 4.79 Å². The van der Waals surface area contributed by atoms with Crippen LogP contribution >= 0.6 is 0 Å². The molecule has 0 rings (SSSR count). The lowest BCUT2D eigenvalue weighted by atomic mass is 9.96. The van der Waals surface area contributed by atoms with E-state index in [0.29, 0.717) is 32.2 Å². The number of carbonyl (C=O) groups excluding carboxylic acids is 1. The van der Waals surface area contributed by atoms with Gasteiger partial charge in [0.25, 0.3) is 0 Å². The van der Waals surface area contributed by atoms with Gasteiger partial charge < -0.3 is 15.8 Å². The van der Waals surface area contributed by atoms with Gasteiger partial charge in [0.15, 0.2) is 0 Å². The van der Waals surface area contributed by atoms with E-state index in [1.165, 1.54) is 0 Å². The monoisotopic (exact) mass is 242 g/mol. The molecule has 0 aliphatic rings. The molecule has 0 heterocycles. The maximum atomic E-state index is 11.7. The molecule has 0 bridgehead atoms. The highest BCUT2D eigenvalue weighted by Gasteiger charge is 2.17. The predicted octanol–water partition coefficient (Wildman–Crippen LogP) is 1.32. The maximum absolute atomic E-state index is 11.7. The van der Waals surface area contributed by atoms with Gasteiger partial charge in [-0.05, 0) is 18.8 Å². The van der Waals surface area contributed by atoms with Crippen molar-refractivity contribution in [1.29, 1.82) is 0 Å². The Morgan fingerprint density at radius 2 is 2.18 bits per heavy atom. The zero-order valence-electron chi connectivity index (χ0n) is 11.1. The molecule has 0 radical (unpaired) electrons. The van der Waals surface area contributed by atoms with Crippen molar-refractivity contribution in [3.05, 3.63) is 12.7 Å². The summed E-state index contributed by atoms with van der Waals surface area (Å²) in [7, 11) is 0. The van der Waals surface area contributed by atoms with Crippen LogP contribution in [0.25, 0.3) is 0 Å². The van der Waals surface area contributed by atoms with E-state index in [4.69, 9.17) is 10.5 Å². The van der Waals surface area contributed by atoms with E-state index in [2.05, 4.69) is 25.7 Å². The molecule has 4 heteroatoms. The second kappa shape index (κ2) is 10.3. The number of nitrogens with one attached hydrogen (secondary N) is 1. The summed E-state index contributed by atoms with van der Waals surface area (Å²) in [6.07, 6.45) is 3.48. The molecular formula is C13H26N2O2. The fourth-order valence-corrected chi connectivity index (χ4v) is 1.54. The van der Waals surface area contributed by atoms with Gasteiger partial charge in [0.1, 0.15) is 0 Å². The van der Waals surface area contributed by atoms with Crippen LogP contribution < -0.4 is 11.1 Å². The quantitative estimate of drug-likeness (QED) is 0.448. The van der Waals surface area contributed by atoms with E-state index in [0.717, 1.165) is 12.8 Å². The summed E-state index contributed by atoms with van der Waals surface area (Å²) in [6, 6.07) is 0. The molecule has 0 aliphatic carbocycles. The molecule has 0 aliphatic heterocycles. The van der Waals surface area contributed by atoms with Crippen LogP contribution in [0.3, 0.4) is 0 Å². The molecule has 0 spiro atoms. The van der Waals surface area contributed by atoms with Crippen LogP contribution in [0.2, 0.25) is 0 Å². The van der Waals surface area contributed by atoms with Gasteiger partial charge in [-0.1, -0.05) is 19.9 Å². The van der Waals surface area contributed by atoms with Gasteiger partial charge in [-0.25, -0.2) is 0 Å². The summed E-state index contributed by atoms with van der Waals surface area (Å²) < 4.78 is 5.30. The van der Waals surface area contributed by atoms with Gasteiger partial charge >= 0.3 is 0 Å². The van der Waals surface area contributed by atoms with Crippen LogP contribution in [0.15, 0.2) is 12.7 Å². The fraction of sp³-hybridized carbons (Fsp3) is 0.769. The molecule has 3 N–H and O–H groups in total. The largest absolute Gasteiger partial charge is 0.379 e. The fourth-order valence-electron chi connectivity index (χ4n) is 1.54. The van der Waals surface area contributed by atoms with Crippen LogP contribution in [0.5, 0.6) is 0 Å². The zero-order valence-corrected chi connectivity index (χ0v) is 11.1. The summed E-state index contributed by atoms with van der Waals surface area (Å²) in [5.41, 5.74) is 5.59. The molecule has 0 fully saturated rings. The molecule has 0 aromatic heterocycles. The average molecular weight is 242 g/mol. The third kappa shape index (κ3) is 8.89. The minimum atomic E-state index is -0.0804. The van der Waals surface area contributed by atoms with E-state index in [-0.39, 0.29) is 11.8 Å². The first-order valence-corrected chi connectivity index (χ1v) is 6.28. The van der Waals surface area contributed by atoms with Gasteiger partial charge in [-0.3, -0.25) is 4.79 Å². The molecule has 4 nitrogen and oxygen atoms in total. The Bertz CT molecular complexity index is 217. The van der Waals surface area contributed by atoms with Crippen LogP contribution in [0.4, 0.5) is 0 Å². The minimum Gasteiger partial charge on any atom is -0.379 e. The smallest absolute Gasteiger partial charge is 0.224 e. The lowest BCUT2D eigenvalue weighted by Gasteiger charge is -2.16. The number of hydrogen-bond donors (Lipinski definition) is 2. The van der Waals surface area contributed by atoms with Crippen molar-refractivity contribution < 1.29 is 9.53 Å². The molecule has 1 unspecified atom stereocenters. The minimum absolute atomic E-state index is 0.0357. The molecule has 0 aromatic carbocycles. The van der Waals surface area contributed by atoms with Crippen molar-refractivity contribution in [3.8, 4) is 0 Å². The SMILES string of the molecule is C=CCCOCCNC(=O)C(CN)CC(C)C. The molecular weight excluding hydrogens is 216 g/mol. The third-order valence-electron chi connectivity index (χ3n) is 2.42. The normalized spacial score (nSPS) is 12.5. The average Bonchev–Trinajstić information content (AvgIpc) is 2.30.